The largest absolute Gasteiger partial charge is 0.331 e. The predicted molar refractivity (Wildman–Crippen MR) is 141 cm³/mol. The average Bonchev–Trinajstić information content (AvgIpc) is 2.85. The summed E-state index contributed by atoms with van der Waals surface area (Å²) in [7, 11) is -0.328. The zero-order valence-electron chi connectivity index (χ0n) is 21.5. The van der Waals surface area contributed by atoms with Crippen molar-refractivity contribution < 1.29 is 18.0 Å². The first-order valence-electron chi connectivity index (χ1n) is 12.6. The highest BCUT2D eigenvalue weighted by molar-refractivity contribution is 7.89. The van der Waals surface area contributed by atoms with Gasteiger partial charge in [0.1, 0.15) is 0 Å². The number of nitrogens with one attached hydrogen (secondary N) is 2. The number of benzene rings is 2. The molecule has 1 heterocycles. The van der Waals surface area contributed by atoms with Gasteiger partial charge in [-0.2, -0.15) is 0 Å². The summed E-state index contributed by atoms with van der Waals surface area (Å²) in [6, 6.07) is 10.4. The van der Waals surface area contributed by atoms with Crippen LogP contribution in [0, 0.1) is 12.8 Å². The number of urea groups is 1. The number of anilines is 1. The van der Waals surface area contributed by atoms with Crippen LogP contribution < -0.4 is 10.0 Å². The zero-order valence-corrected chi connectivity index (χ0v) is 22.3. The van der Waals surface area contributed by atoms with Crippen LogP contribution in [0.15, 0.2) is 41.3 Å². The van der Waals surface area contributed by atoms with Gasteiger partial charge in [-0.15, -0.1) is 0 Å². The van der Waals surface area contributed by atoms with E-state index in [1.807, 2.05) is 32.0 Å². The minimum Gasteiger partial charge on any atom is -0.331 e. The molecule has 0 bridgehead atoms. The minimum absolute atomic E-state index is 0.0130. The highest BCUT2D eigenvalue weighted by atomic mass is 32.2. The van der Waals surface area contributed by atoms with Crippen LogP contribution in [0.25, 0.3) is 0 Å². The molecule has 1 aliphatic heterocycles. The Morgan fingerprint density at radius 1 is 1.03 bits per heavy atom. The first kappa shape index (κ1) is 26.2. The summed E-state index contributed by atoms with van der Waals surface area (Å²) in [5.41, 5.74) is 3.88. The number of fused-ring (bicyclic) bond motifs is 1. The lowest BCUT2D eigenvalue weighted by atomic mass is 9.90. The second kappa shape index (κ2) is 10.6. The molecule has 3 amide bonds. The second-order valence-corrected chi connectivity index (χ2v) is 11.8. The van der Waals surface area contributed by atoms with Gasteiger partial charge in [-0.1, -0.05) is 25.1 Å². The number of amides is 3. The normalized spacial score (nSPS) is 19.9. The maximum Gasteiger partial charge on any atom is 0.319 e. The third kappa shape index (κ3) is 5.42. The van der Waals surface area contributed by atoms with Gasteiger partial charge in [0.05, 0.1) is 4.90 Å². The molecule has 0 aromatic heterocycles. The van der Waals surface area contributed by atoms with Gasteiger partial charge in [-0.3, -0.25) is 4.79 Å². The van der Waals surface area contributed by atoms with Gasteiger partial charge in [0, 0.05) is 44.5 Å². The van der Waals surface area contributed by atoms with Crippen molar-refractivity contribution in [2.45, 2.75) is 56.9 Å². The van der Waals surface area contributed by atoms with E-state index in [9.17, 15) is 18.0 Å². The van der Waals surface area contributed by atoms with Gasteiger partial charge >= 0.3 is 6.03 Å². The van der Waals surface area contributed by atoms with E-state index in [4.69, 9.17) is 0 Å². The quantitative estimate of drug-likeness (QED) is 0.637. The van der Waals surface area contributed by atoms with Crippen LogP contribution in [-0.4, -0.2) is 63.4 Å². The lowest BCUT2D eigenvalue weighted by Crippen LogP contribution is -2.53. The first-order chi connectivity index (χ1) is 17.1. The summed E-state index contributed by atoms with van der Waals surface area (Å²) < 4.78 is 30.0. The molecule has 9 heteroatoms. The van der Waals surface area contributed by atoms with E-state index in [1.54, 1.807) is 42.1 Å². The molecule has 0 unspecified atom stereocenters. The smallest absolute Gasteiger partial charge is 0.319 e. The van der Waals surface area contributed by atoms with Gasteiger partial charge in [-0.05, 0) is 79.8 Å². The molecule has 0 spiro atoms. The van der Waals surface area contributed by atoms with Crippen molar-refractivity contribution in [3.05, 3.63) is 58.7 Å². The predicted octanol–water partition coefficient (Wildman–Crippen LogP) is 3.80. The molecule has 8 nitrogen and oxygen atoms in total. The summed E-state index contributed by atoms with van der Waals surface area (Å²) in [5, 5.41) is 3.02. The van der Waals surface area contributed by atoms with Gasteiger partial charge < -0.3 is 15.1 Å². The number of likely N-dealkylation sites (tertiary alicyclic amines) is 1. The van der Waals surface area contributed by atoms with Crippen LogP contribution in [0.2, 0.25) is 0 Å². The van der Waals surface area contributed by atoms with Crippen LogP contribution in [0.1, 0.15) is 53.2 Å². The maximum atomic E-state index is 13.6. The van der Waals surface area contributed by atoms with E-state index in [0.29, 0.717) is 42.1 Å². The van der Waals surface area contributed by atoms with Crippen molar-refractivity contribution in [2.24, 2.45) is 5.92 Å². The summed E-state index contributed by atoms with van der Waals surface area (Å²) in [4.78, 5) is 28.9. The molecule has 0 saturated carbocycles. The van der Waals surface area contributed by atoms with Crippen molar-refractivity contribution in [1.29, 1.82) is 0 Å². The Hall–Kier alpha value is -2.91. The number of nitrogens with zero attached hydrogens (tertiary/aromatic N) is 2. The van der Waals surface area contributed by atoms with E-state index in [2.05, 4.69) is 10.0 Å². The fourth-order valence-corrected chi connectivity index (χ4v) is 6.93. The number of piperidine rings is 1. The van der Waals surface area contributed by atoms with E-state index in [1.165, 1.54) is 0 Å². The Labute approximate surface area is 214 Å². The number of rotatable bonds is 5. The molecule has 2 atom stereocenters. The highest BCUT2D eigenvalue weighted by Crippen LogP contribution is 2.34. The van der Waals surface area contributed by atoms with Crippen LogP contribution in [0.3, 0.4) is 0 Å². The standard InChI is InChI=1S/C27H36N4O4S/c1-18-9-5-6-10-20(18)26(32)28-24-13-14-25(22-12-8-7-11-21(22)24)36(34,35)29-23-15-16-31(17-19(23)2)27(33)30(3)4/h5-6,9-10,13-14,19,23,29H,7-8,11-12,15-17H2,1-4H3,(H,28,32)/t19-,23+/m1/s1. The lowest BCUT2D eigenvalue weighted by molar-refractivity contribution is 0.102. The molecular formula is C27H36N4O4S. The van der Waals surface area contributed by atoms with Gasteiger partial charge in [-0.25, -0.2) is 17.9 Å². The molecule has 1 saturated heterocycles. The number of carbonyl (C=O) groups is 2. The molecule has 36 heavy (non-hydrogen) atoms. The Balaban J connectivity index is 1.55. The van der Waals surface area contributed by atoms with E-state index < -0.39 is 10.0 Å². The Kier molecular flexibility index (Phi) is 7.70. The Bertz CT molecular complexity index is 1260. The van der Waals surface area contributed by atoms with Gasteiger partial charge in [0.2, 0.25) is 10.0 Å². The highest BCUT2D eigenvalue weighted by Gasteiger charge is 2.34. The van der Waals surface area contributed by atoms with Crippen molar-refractivity contribution in [2.75, 3.05) is 32.5 Å². The number of carbonyl (C=O) groups excluding carboxylic acids is 2. The molecule has 1 aliphatic carbocycles. The van der Waals surface area contributed by atoms with Gasteiger partial charge in [0.25, 0.3) is 5.91 Å². The van der Waals surface area contributed by atoms with Crippen LogP contribution in [-0.2, 0) is 22.9 Å². The summed E-state index contributed by atoms with van der Waals surface area (Å²) in [5.74, 6) is -0.205. The van der Waals surface area contributed by atoms with E-state index >= 15 is 0 Å². The van der Waals surface area contributed by atoms with Crippen molar-refractivity contribution in [1.82, 2.24) is 14.5 Å². The number of hydrogen-bond acceptors (Lipinski definition) is 4. The van der Waals surface area contributed by atoms with Crippen molar-refractivity contribution >= 4 is 27.6 Å². The molecule has 2 aromatic rings. The minimum atomic E-state index is -3.77. The van der Waals surface area contributed by atoms with Crippen molar-refractivity contribution in [3.63, 3.8) is 0 Å². The molecule has 0 radical (unpaired) electrons. The first-order valence-corrected chi connectivity index (χ1v) is 14.1. The van der Waals surface area contributed by atoms with Crippen molar-refractivity contribution in [3.8, 4) is 0 Å². The SMILES string of the molecule is Cc1ccccc1C(=O)Nc1ccc(S(=O)(=O)N[C@H]2CCN(C(=O)N(C)C)C[C@H]2C)c2c1CCCC2. The monoisotopic (exact) mass is 512 g/mol. The number of aryl methyl sites for hydroxylation is 1. The van der Waals surface area contributed by atoms with E-state index in [0.717, 1.165) is 36.0 Å². The van der Waals surface area contributed by atoms with Crippen LogP contribution >= 0.6 is 0 Å². The lowest BCUT2D eigenvalue weighted by Gasteiger charge is -2.38. The summed E-state index contributed by atoms with van der Waals surface area (Å²) >= 11 is 0. The molecule has 194 valence electrons. The summed E-state index contributed by atoms with van der Waals surface area (Å²) in [6.45, 7) is 4.89. The second-order valence-electron chi connectivity index (χ2n) is 10.2. The third-order valence-electron chi connectivity index (χ3n) is 7.28. The fourth-order valence-electron chi connectivity index (χ4n) is 5.26. The summed E-state index contributed by atoms with van der Waals surface area (Å²) in [6.07, 6.45) is 3.81. The topological polar surface area (TPSA) is 98.8 Å². The third-order valence-corrected chi connectivity index (χ3v) is 8.86. The molecule has 4 rings (SSSR count). The zero-order chi connectivity index (χ0) is 26.0. The fraction of sp³-hybridized carbons (Fsp3) is 0.481. The Morgan fingerprint density at radius 3 is 2.39 bits per heavy atom. The molecule has 2 aliphatic rings. The number of hydrogen-bond donors (Lipinski definition) is 2. The number of sulfonamides is 1. The molecule has 1 fully saturated rings. The van der Waals surface area contributed by atoms with Gasteiger partial charge in [0.15, 0.2) is 0 Å². The molecular weight excluding hydrogens is 476 g/mol. The van der Waals surface area contributed by atoms with Crippen LogP contribution in [0.4, 0.5) is 10.5 Å². The Morgan fingerprint density at radius 2 is 1.72 bits per heavy atom. The average molecular weight is 513 g/mol. The molecule has 2 N–H and O–H groups in total. The molecule has 2 aromatic carbocycles. The van der Waals surface area contributed by atoms with E-state index in [-0.39, 0.29) is 23.9 Å². The maximum absolute atomic E-state index is 13.6. The van der Waals surface area contributed by atoms with Crippen LogP contribution in [0.5, 0.6) is 0 Å².